The summed E-state index contributed by atoms with van der Waals surface area (Å²) in [6, 6.07) is 0.607. The monoisotopic (exact) mass is 246 g/mol. The number of nitrogens with one attached hydrogen (secondary N) is 1. The Balaban J connectivity index is 1.74. The van der Waals surface area contributed by atoms with Gasteiger partial charge in [-0.3, -0.25) is 9.97 Å². The summed E-state index contributed by atoms with van der Waals surface area (Å²) in [5.74, 6) is 0. The smallest absolute Gasteiger partial charge is 0.108 e. The third-order valence-electron chi connectivity index (χ3n) is 2.96. The molecule has 88 valence electrons. The van der Waals surface area contributed by atoms with Crippen LogP contribution in [-0.4, -0.2) is 27.5 Å². The molecular formula is C12H14N4S. The molecule has 0 saturated carbocycles. The zero-order valence-corrected chi connectivity index (χ0v) is 10.3. The van der Waals surface area contributed by atoms with Gasteiger partial charge in [0.15, 0.2) is 0 Å². The second-order valence-electron chi connectivity index (χ2n) is 4.21. The molecule has 2 aromatic rings. The SMILES string of the molecule is c1cnc(-c2csc(CC3CCCN3)n2)cn1. The first-order chi connectivity index (χ1) is 8.42. The van der Waals surface area contributed by atoms with E-state index >= 15 is 0 Å². The third kappa shape index (κ3) is 2.50. The summed E-state index contributed by atoms with van der Waals surface area (Å²) in [6.07, 6.45) is 8.72. The zero-order valence-electron chi connectivity index (χ0n) is 9.47. The summed E-state index contributed by atoms with van der Waals surface area (Å²) in [5, 5.41) is 6.74. The molecule has 1 fully saturated rings. The molecule has 1 aliphatic rings. The average molecular weight is 246 g/mol. The van der Waals surface area contributed by atoms with Crippen LogP contribution in [0, 0.1) is 0 Å². The van der Waals surface area contributed by atoms with Crippen LogP contribution in [0.15, 0.2) is 24.0 Å². The summed E-state index contributed by atoms with van der Waals surface area (Å²) in [4.78, 5) is 12.9. The average Bonchev–Trinajstić information content (AvgIpc) is 3.02. The van der Waals surface area contributed by atoms with Crippen molar-refractivity contribution in [2.45, 2.75) is 25.3 Å². The maximum absolute atomic E-state index is 4.62. The summed E-state index contributed by atoms with van der Waals surface area (Å²) in [5.41, 5.74) is 1.80. The molecule has 0 amide bonds. The molecule has 1 N–H and O–H groups in total. The van der Waals surface area contributed by atoms with E-state index < -0.39 is 0 Å². The van der Waals surface area contributed by atoms with Crippen LogP contribution >= 0.6 is 11.3 Å². The third-order valence-corrected chi connectivity index (χ3v) is 3.83. The normalized spacial score (nSPS) is 19.6. The molecule has 0 radical (unpaired) electrons. The van der Waals surface area contributed by atoms with Crippen LogP contribution in [0.5, 0.6) is 0 Å². The van der Waals surface area contributed by atoms with E-state index in [9.17, 15) is 0 Å². The molecule has 0 aliphatic carbocycles. The quantitative estimate of drug-likeness (QED) is 0.898. The van der Waals surface area contributed by atoms with E-state index in [0.717, 1.165) is 24.4 Å². The van der Waals surface area contributed by atoms with Crippen molar-refractivity contribution >= 4 is 11.3 Å². The van der Waals surface area contributed by atoms with Gasteiger partial charge in [-0.1, -0.05) is 0 Å². The van der Waals surface area contributed by atoms with Crippen LogP contribution in [0.1, 0.15) is 17.8 Å². The fourth-order valence-electron chi connectivity index (χ4n) is 2.10. The fraction of sp³-hybridized carbons (Fsp3) is 0.417. The summed E-state index contributed by atoms with van der Waals surface area (Å²) in [6.45, 7) is 1.15. The maximum atomic E-state index is 4.62. The van der Waals surface area contributed by atoms with Crippen molar-refractivity contribution in [2.24, 2.45) is 0 Å². The summed E-state index contributed by atoms with van der Waals surface area (Å²) >= 11 is 1.71. The number of hydrogen-bond donors (Lipinski definition) is 1. The second kappa shape index (κ2) is 4.89. The van der Waals surface area contributed by atoms with Gasteiger partial charge in [0.25, 0.3) is 0 Å². The van der Waals surface area contributed by atoms with Crippen molar-refractivity contribution in [3.8, 4) is 11.4 Å². The molecule has 3 rings (SSSR count). The van der Waals surface area contributed by atoms with Crippen molar-refractivity contribution in [3.63, 3.8) is 0 Å². The first kappa shape index (κ1) is 10.8. The lowest BCUT2D eigenvalue weighted by Crippen LogP contribution is -2.23. The van der Waals surface area contributed by atoms with Gasteiger partial charge in [0.05, 0.1) is 11.2 Å². The van der Waals surface area contributed by atoms with E-state index in [1.165, 1.54) is 17.8 Å². The largest absolute Gasteiger partial charge is 0.314 e. The highest BCUT2D eigenvalue weighted by Gasteiger charge is 2.16. The molecule has 3 heterocycles. The molecule has 1 saturated heterocycles. The van der Waals surface area contributed by atoms with E-state index in [-0.39, 0.29) is 0 Å². The van der Waals surface area contributed by atoms with E-state index in [1.807, 2.05) is 0 Å². The van der Waals surface area contributed by atoms with Gasteiger partial charge in [-0.05, 0) is 19.4 Å². The van der Waals surface area contributed by atoms with Crippen LogP contribution in [0.3, 0.4) is 0 Å². The first-order valence-electron chi connectivity index (χ1n) is 5.86. The molecule has 5 heteroatoms. The number of aromatic nitrogens is 3. The lowest BCUT2D eigenvalue weighted by Gasteiger charge is -2.06. The van der Waals surface area contributed by atoms with Crippen molar-refractivity contribution in [1.29, 1.82) is 0 Å². The molecule has 1 unspecified atom stereocenters. The Morgan fingerprint density at radius 1 is 1.35 bits per heavy atom. The molecule has 0 aromatic carbocycles. The molecule has 0 bridgehead atoms. The van der Waals surface area contributed by atoms with E-state index in [2.05, 4.69) is 25.6 Å². The number of nitrogens with zero attached hydrogens (tertiary/aromatic N) is 3. The molecule has 2 aromatic heterocycles. The van der Waals surface area contributed by atoms with E-state index in [0.29, 0.717) is 6.04 Å². The van der Waals surface area contributed by atoms with Crippen molar-refractivity contribution in [1.82, 2.24) is 20.3 Å². The lowest BCUT2D eigenvalue weighted by molar-refractivity contribution is 0.601. The highest BCUT2D eigenvalue weighted by atomic mass is 32.1. The maximum Gasteiger partial charge on any atom is 0.108 e. The molecule has 1 aliphatic heterocycles. The Bertz CT molecular complexity index is 476. The Morgan fingerprint density at radius 3 is 3.12 bits per heavy atom. The number of hydrogen-bond acceptors (Lipinski definition) is 5. The summed E-state index contributed by atoms with van der Waals surface area (Å²) in [7, 11) is 0. The van der Waals surface area contributed by atoms with Gasteiger partial charge in [-0.2, -0.15) is 0 Å². The topological polar surface area (TPSA) is 50.7 Å². The van der Waals surface area contributed by atoms with Gasteiger partial charge < -0.3 is 5.32 Å². The van der Waals surface area contributed by atoms with Crippen molar-refractivity contribution in [2.75, 3.05) is 6.54 Å². The van der Waals surface area contributed by atoms with Gasteiger partial charge in [0.1, 0.15) is 11.4 Å². The van der Waals surface area contributed by atoms with E-state index in [4.69, 9.17) is 0 Å². The molecule has 1 atom stereocenters. The number of rotatable bonds is 3. The minimum absolute atomic E-state index is 0.607. The lowest BCUT2D eigenvalue weighted by atomic mass is 10.2. The van der Waals surface area contributed by atoms with Gasteiger partial charge in [-0.15, -0.1) is 11.3 Å². The summed E-state index contributed by atoms with van der Waals surface area (Å²) < 4.78 is 0. The van der Waals surface area contributed by atoms with Crippen LogP contribution in [0.4, 0.5) is 0 Å². The Kier molecular flexibility index (Phi) is 3.11. The second-order valence-corrected chi connectivity index (χ2v) is 5.16. The predicted octanol–water partition coefficient (Wildman–Crippen LogP) is 1.89. The zero-order chi connectivity index (χ0) is 11.5. The van der Waals surface area contributed by atoms with Gasteiger partial charge in [0, 0.05) is 30.2 Å². The molecule has 17 heavy (non-hydrogen) atoms. The minimum atomic E-state index is 0.607. The van der Waals surface area contributed by atoms with Gasteiger partial charge >= 0.3 is 0 Å². The van der Waals surface area contributed by atoms with Crippen molar-refractivity contribution in [3.05, 3.63) is 29.0 Å². The standard InChI is InChI=1S/C12H14N4S/c1-2-9(14-3-1)6-12-16-11(8-17-12)10-7-13-4-5-15-10/h4-5,7-9,14H,1-3,6H2. The van der Waals surface area contributed by atoms with E-state index in [1.54, 1.807) is 29.9 Å². The first-order valence-corrected chi connectivity index (χ1v) is 6.74. The van der Waals surface area contributed by atoms with Gasteiger partial charge in [-0.25, -0.2) is 4.98 Å². The predicted molar refractivity (Wildman–Crippen MR) is 67.9 cm³/mol. The van der Waals surface area contributed by atoms with Crippen LogP contribution < -0.4 is 5.32 Å². The molecule has 4 nitrogen and oxygen atoms in total. The van der Waals surface area contributed by atoms with Crippen LogP contribution in [0.25, 0.3) is 11.4 Å². The molecule has 0 spiro atoms. The van der Waals surface area contributed by atoms with Gasteiger partial charge in [0.2, 0.25) is 0 Å². The van der Waals surface area contributed by atoms with Crippen molar-refractivity contribution < 1.29 is 0 Å². The number of thiazole rings is 1. The Morgan fingerprint density at radius 2 is 2.35 bits per heavy atom. The minimum Gasteiger partial charge on any atom is -0.314 e. The Labute approximate surface area is 104 Å². The molecular weight excluding hydrogens is 232 g/mol. The Hall–Kier alpha value is -1.33. The fourth-order valence-corrected chi connectivity index (χ4v) is 2.96. The van der Waals surface area contributed by atoms with Crippen LogP contribution in [-0.2, 0) is 6.42 Å². The highest BCUT2D eigenvalue weighted by Crippen LogP contribution is 2.21. The van der Waals surface area contributed by atoms with Crippen LogP contribution in [0.2, 0.25) is 0 Å². The highest BCUT2D eigenvalue weighted by molar-refractivity contribution is 7.09.